The summed E-state index contributed by atoms with van der Waals surface area (Å²) >= 11 is 5.91. The fourth-order valence-electron chi connectivity index (χ4n) is 5.63. The number of unbranched alkanes of at least 4 members (excludes halogenated alkanes) is 2. The number of hydrogen-bond donors (Lipinski definition) is 3. The number of nitrogens with one attached hydrogen (secondary N) is 2. The number of rotatable bonds is 14. The van der Waals surface area contributed by atoms with E-state index >= 15 is 0 Å². The van der Waals surface area contributed by atoms with Gasteiger partial charge in [0, 0.05) is 31.6 Å². The molecule has 3 aromatic rings. The van der Waals surface area contributed by atoms with Crippen molar-refractivity contribution >= 4 is 27.1 Å². The molecule has 9 heteroatoms. The summed E-state index contributed by atoms with van der Waals surface area (Å²) in [4.78, 5) is 2.21. The van der Waals surface area contributed by atoms with Gasteiger partial charge in [0.05, 0.1) is 16.8 Å². The highest BCUT2D eigenvalue weighted by atomic mass is 35.5. The van der Waals surface area contributed by atoms with E-state index in [0.29, 0.717) is 36.9 Å². The van der Waals surface area contributed by atoms with Crippen molar-refractivity contribution in [2.45, 2.75) is 74.6 Å². The van der Waals surface area contributed by atoms with Gasteiger partial charge in [-0.05, 0) is 78.5 Å². The van der Waals surface area contributed by atoms with Gasteiger partial charge >= 0.3 is 0 Å². The largest absolute Gasteiger partial charge is 0.489 e. The average Bonchev–Trinajstić information content (AvgIpc) is 3.07. The third-order valence-corrected chi connectivity index (χ3v) is 10.4. The lowest BCUT2D eigenvalue weighted by molar-refractivity contribution is 0.0377. The van der Waals surface area contributed by atoms with Crippen LogP contribution < -0.4 is 20.3 Å². The lowest BCUT2D eigenvalue weighted by atomic mass is 9.81. The van der Waals surface area contributed by atoms with Crippen LogP contribution in [-0.2, 0) is 22.3 Å². The van der Waals surface area contributed by atoms with Gasteiger partial charge in [-0.15, -0.1) is 11.6 Å². The van der Waals surface area contributed by atoms with Crippen LogP contribution in [0.4, 0.5) is 5.69 Å². The molecule has 3 aromatic carbocycles. The smallest absolute Gasteiger partial charge is 0.181 e. The highest BCUT2D eigenvalue weighted by Gasteiger charge is 2.50. The molecule has 234 valence electrons. The summed E-state index contributed by atoms with van der Waals surface area (Å²) in [5.41, 5.74) is 3.16. The monoisotopic (exact) mass is 627 g/mol. The van der Waals surface area contributed by atoms with E-state index in [-0.39, 0.29) is 10.6 Å². The number of nitrogens with zero attached hydrogens (tertiary/aromatic N) is 1. The normalized spacial score (nSPS) is 18.9. The molecule has 1 heterocycles. The van der Waals surface area contributed by atoms with Gasteiger partial charge in [0.2, 0.25) is 0 Å². The molecule has 7 nitrogen and oxygen atoms in total. The van der Waals surface area contributed by atoms with Crippen LogP contribution in [0.3, 0.4) is 0 Å². The number of benzene rings is 3. The molecule has 0 radical (unpaired) electrons. The molecule has 0 aromatic heterocycles. The molecule has 0 saturated carbocycles. The Labute approximate surface area is 262 Å². The van der Waals surface area contributed by atoms with E-state index in [1.54, 1.807) is 6.07 Å². The molecule has 1 aliphatic rings. The van der Waals surface area contributed by atoms with Crippen LogP contribution >= 0.6 is 11.6 Å². The standard InChI is InChI=1S/C34H46ClN3O4S/c1-5-7-19-36-34(37-20-8-6-2)24-43(40,41)31-18-15-28(38(3)4)21-30(31)32(33(34)39)27-13-16-29(17-14-27)42-23-26-11-9-25(22-35)10-12-26/h9-18,21,32-33,36-37,39H,5-8,19-20,22-24H2,1-4H3/t32-,33-/m0/s1. The number of anilines is 1. The fraction of sp³-hybridized carbons (Fsp3) is 0.471. The molecule has 0 amide bonds. The van der Waals surface area contributed by atoms with Crippen molar-refractivity contribution in [1.29, 1.82) is 0 Å². The summed E-state index contributed by atoms with van der Waals surface area (Å²) in [6.07, 6.45) is 2.58. The summed E-state index contributed by atoms with van der Waals surface area (Å²) in [6, 6.07) is 21.1. The predicted octanol–water partition coefficient (Wildman–Crippen LogP) is 5.83. The molecule has 3 N–H and O–H groups in total. The Morgan fingerprint density at radius 3 is 2.09 bits per heavy atom. The quantitative estimate of drug-likeness (QED) is 0.118. The van der Waals surface area contributed by atoms with Crippen molar-refractivity contribution in [3.8, 4) is 5.75 Å². The molecule has 0 aliphatic carbocycles. The van der Waals surface area contributed by atoms with Crippen LogP contribution in [0.1, 0.15) is 67.7 Å². The minimum absolute atomic E-state index is 0.247. The van der Waals surface area contributed by atoms with E-state index in [4.69, 9.17) is 16.3 Å². The van der Waals surface area contributed by atoms with Crippen molar-refractivity contribution < 1.29 is 18.3 Å². The highest BCUT2D eigenvalue weighted by Crippen LogP contribution is 2.42. The summed E-state index contributed by atoms with van der Waals surface area (Å²) in [6.45, 7) is 5.78. The maximum Gasteiger partial charge on any atom is 0.181 e. The van der Waals surface area contributed by atoms with Gasteiger partial charge < -0.3 is 14.7 Å². The topological polar surface area (TPSA) is 90.9 Å². The molecule has 0 bridgehead atoms. The Bertz CT molecular complexity index is 1420. The third kappa shape index (κ3) is 7.91. The lowest BCUT2D eigenvalue weighted by Crippen LogP contribution is -2.68. The van der Waals surface area contributed by atoms with Crippen molar-refractivity contribution in [2.75, 3.05) is 37.8 Å². The Balaban J connectivity index is 1.75. The highest BCUT2D eigenvalue weighted by molar-refractivity contribution is 7.91. The molecular formula is C34H46ClN3O4S. The zero-order chi connectivity index (χ0) is 31.0. The van der Waals surface area contributed by atoms with Crippen molar-refractivity contribution in [3.05, 3.63) is 89.0 Å². The van der Waals surface area contributed by atoms with E-state index in [1.807, 2.05) is 79.7 Å². The van der Waals surface area contributed by atoms with Crippen LogP contribution in [0.5, 0.6) is 5.75 Å². The Hall–Kier alpha value is -2.62. The second-order valence-electron chi connectivity index (χ2n) is 11.6. The molecule has 4 rings (SSSR count). The van der Waals surface area contributed by atoms with Crippen molar-refractivity contribution in [3.63, 3.8) is 0 Å². The SMILES string of the molecule is CCCCNC1(NCCCC)CS(=O)(=O)c2ccc(N(C)C)cc2[C@H](c2ccc(OCc3ccc(CCl)cc3)cc2)[C@@H]1O. The Morgan fingerprint density at radius 1 is 0.930 bits per heavy atom. The maximum atomic E-state index is 14.1. The zero-order valence-corrected chi connectivity index (χ0v) is 27.3. The van der Waals surface area contributed by atoms with Gasteiger partial charge in [-0.2, -0.15) is 0 Å². The molecule has 2 atom stereocenters. The number of hydrogen-bond acceptors (Lipinski definition) is 7. The molecule has 0 saturated heterocycles. The van der Waals surface area contributed by atoms with Gasteiger partial charge in [-0.3, -0.25) is 10.6 Å². The average molecular weight is 628 g/mol. The van der Waals surface area contributed by atoms with E-state index in [9.17, 15) is 13.5 Å². The number of ether oxygens (including phenoxy) is 1. The number of sulfone groups is 1. The van der Waals surface area contributed by atoms with Gasteiger partial charge in [0.1, 0.15) is 18.0 Å². The zero-order valence-electron chi connectivity index (χ0n) is 25.8. The first-order chi connectivity index (χ1) is 20.6. The second-order valence-corrected chi connectivity index (χ2v) is 13.9. The van der Waals surface area contributed by atoms with E-state index < -0.39 is 27.5 Å². The number of halogens is 1. The third-order valence-electron chi connectivity index (χ3n) is 8.18. The molecular weight excluding hydrogens is 582 g/mol. The van der Waals surface area contributed by atoms with Crippen molar-refractivity contribution in [1.82, 2.24) is 10.6 Å². The minimum Gasteiger partial charge on any atom is -0.489 e. The van der Waals surface area contributed by atoms with Crippen LogP contribution in [0.25, 0.3) is 0 Å². The van der Waals surface area contributed by atoms with E-state index in [0.717, 1.165) is 48.1 Å². The van der Waals surface area contributed by atoms with Gasteiger partial charge in [0.15, 0.2) is 9.84 Å². The Kier molecular flexibility index (Phi) is 11.5. The molecule has 43 heavy (non-hydrogen) atoms. The number of aliphatic hydroxyl groups is 1. The molecule has 0 unspecified atom stereocenters. The van der Waals surface area contributed by atoms with E-state index in [1.165, 1.54) is 0 Å². The maximum absolute atomic E-state index is 14.1. The Morgan fingerprint density at radius 2 is 1.53 bits per heavy atom. The van der Waals surface area contributed by atoms with Gasteiger partial charge in [-0.25, -0.2) is 8.42 Å². The number of aliphatic hydroxyl groups excluding tert-OH is 1. The fourth-order valence-corrected chi connectivity index (χ4v) is 7.76. The van der Waals surface area contributed by atoms with Gasteiger partial charge in [0.25, 0.3) is 0 Å². The summed E-state index contributed by atoms with van der Waals surface area (Å²) in [7, 11) is 0.0887. The van der Waals surface area contributed by atoms with Crippen LogP contribution in [0.2, 0.25) is 0 Å². The first-order valence-corrected chi connectivity index (χ1v) is 17.4. The second kappa shape index (κ2) is 14.9. The number of alkyl halides is 1. The summed E-state index contributed by atoms with van der Waals surface area (Å²) in [5, 5.41) is 19.3. The summed E-state index contributed by atoms with van der Waals surface area (Å²) < 4.78 is 34.2. The lowest BCUT2D eigenvalue weighted by Gasteiger charge is -2.41. The minimum atomic E-state index is -3.77. The first-order valence-electron chi connectivity index (χ1n) is 15.2. The molecule has 1 aliphatic heterocycles. The number of fused-ring (bicyclic) bond motifs is 1. The van der Waals surface area contributed by atoms with Crippen LogP contribution in [-0.4, -0.2) is 58.2 Å². The van der Waals surface area contributed by atoms with E-state index in [2.05, 4.69) is 24.5 Å². The van der Waals surface area contributed by atoms with Gasteiger partial charge in [-0.1, -0.05) is 63.1 Å². The first kappa shape index (κ1) is 33.3. The van der Waals surface area contributed by atoms with Crippen molar-refractivity contribution in [2.24, 2.45) is 0 Å². The van der Waals surface area contributed by atoms with Crippen LogP contribution in [0.15, 0.2) is 71.6 Å². The summed E-state index contributed by atoms with van der Waals surface area (Å²) in [5.74, 6) is 0.312. The molecule has 0 spiro atoms. The van der Waals surface area contributed by atoms with Crippen LogP contribution in [0, 0.1) is 0 Å². The molecule has 0 fully saturated rings. The predicted molar refractivity (Wildman–Crippen MR) is 176 cm³/mol.